The standard InChI is InChI=1S/C28H27N2/c1-15(2)20-13-19-10-11-29(6)28-25-18(5)17(4)12-21-24-16(3)8-7-9-22(24)30(27(21)25)23(14-20)26(19)28/h7-15H,1-6H3/q+1. The number of benzene rings is 3. The van der Waals surface area contributed by atoms with Crippen LogP contribution in [-0.2, 0) is 7.05 Å². The first-order chi connectivity index (χ1) is 14.4. The van der Waals surface area contributed by atoms with Crippen LogP contribution in [0.5, 0.6) is 0 Å². The highest BCUT2D eigenvalue weighted by Gasteiger charge is 2.25. The van der Waals surface area contributed by atoms with Crippen LogP contribution in [0.1, 0.15) is 42.0 Å². The molecule has 2 nitrogen and oxygen atoms in total. The van der Waals surface area contributed by atoms with Crippen LogP contribution in [0, 0.1) is 20.8 Å². The van der Waals surface area contributed by atoms with Crippen molar-refractivity contribution < 1.29 is 4.57 Å². The molecule has 2 heteroatoms. The van der Waals surface area contributed by atoms with Crippen LogP contribution >= 0.6 is 0 Å². The van der Waals surface area contributed by atoms with Crippen molar-refractivity contribution in [2.75, 3.05) is 0 Å². The monoisotopic (exact) mass is 391 g/mol. The normalized spacial score (nSPS) is 12.6. The van der Waals surface area contributed by atoms with Crippen molar-refractivity contribution >= 4 is 49.0 Å². The molecule has 6 aromatic rings. The third-order valence-corrected chi connectivity index (χ3v) is 7.19. The number of aryl methyl sites for hydroxylation is 4. The van der Waals surface area contributed by atoms with Gasteiger partial charge in [-0.05, 0) is 72.5 Å². The molecule has 0 spiro atoms. The Morgan fingerprint density at radius 1 is 0.833 bits per heavy atom. The molecule has 148 valence electrons. The summed E-state index contributed by atoms with van der Waals surface area (Å²) in [4.78, 5) is 0. The number of rotatable bonds is 1. The summed E-state index contributed by atoms with van der Waals surface area (Å²) in [6.45, 7) is 11.4. The number of nitrogens with zero attached hydrogens (tertiary/aromatic N) is 2. The third-order valence-electron chi connectivity index (χ3n) is 7.19. The van der Waals surface area contributed by atoms with E-state index in [0.717, 1.165) is 0 Å². The lowest BCUT2D eigenvalue weighted by atomic mass is 9.94. The molecule has 0 aliphatic rings. The summed E-state index contributed by atoms with van der Waals surface area (Å²) >= 11 is 0. The Labute approximate surface area is 176 Å². The second-order valence-electron chi connectivity index (χ2n) is 9.33. The summed E-state index contributed by atoms with van der Waals surface area (Å²) in [5.41, 5.74) is 10.8. The predicted octanol–water partition coefficient (Wildman–Crippen LogP) is 6.86. The van der Waals surface area contributed by atoms with Crippen molar-refractivity contribution in [3.8, 4) is 0 Å². The molecule has 0 bridgehead atoms. The van der Waals surface area contributed by atoms with Gasteiger partial charge in [0.15, 0.2) is 6.20 Å². The van der Waals surface area contributed by atoms with Gasteiger partial charge in [0.25, 0.3) is 0 Å². The summed E-state index contributed by atoms with van der Waals surface area (Å²) < 4.78 is 4.86. The van der Waals surface area contributed by atoms with Gasteiger partial charge >= 0.3 is 0 Å². The fraction of sp³-hybridized carbons (Fsp3) is 0.250. The van der Waals surface area contributed by atoms with E-state index in [1.54, 1.807) is 0 Å². The van der Waals surface area contributed by atoms with Crippen molar-refractivity contribution in [1.29, 1.82) is 0 Å². The molecule has 3 aromatic carbocycles. The number of hydrogen-bond acceptors (Lipinski definition) is 0. The van der Waals surface area contributed by atoms with Crippen molar-refractivity contribution in [1.82, 2.24) is 4.40 Å². The van der Waals surface area contributed by atoms with E-state index in [-0.39, 0.29) is 0 Å². The fourth-order valence-electron chi connectivity index (χ4n) is 5.49. The summed E-state index contributed by atoms with van der Waals surface area (Å²) in [6.07, 6.45) is 2.22. The average Bonchev–Trinajstić information content (AvgIpc) is 3.05. The smallest absolute Gasteiger partial charge is 0.224 e. The molecule has 0 aliphatic heterocycles. The van der Waals surface area contributed by atoms with Gasteiger partial charge in [0, 0.05) is 16.8 Å². The molecular formula is C28H27N2+. The predicted molar refractivity (Wildman–Crippen MR) is 128 cm³/mol. The van der Waals surface area contributed by atoms with Gasteiger partial charge in [-0.25, -0.2) is 4.57 Å². The maximum Gasteiger partial charge on any atom is 0.224 e. The highest BCUT2D eigenvalue weighted by molar-refractivity contribution is 6.26. The Hall–Kier alpha value is -3.13. The number of hydrogen-bond donors (Lipinski definition) is 0. The van der Waals surface area contributed by atoms with Crippen molar-refractivity contribution in [3.05, 3.63) is 70.9 Å². The van der Waals surface area contributed by atoms with Gasteiger partial charge in [-0.3, -0.25) is 0 Å². The molecule has 0 saturated carbocycles. The van der Waals surface area contributed by atoms with E-state index in [1.165, 1.54) is 71.3 Å². The van der Waals surface area contributed by atoms with E-state index in [1.807, 2.05) is 0 Å². The van der Waals surface area contributed by atoms with E-state index in [9.17, 15) is 0 Å². The Morgan fingerprint density at radius 3 is 2.40 bits per heavy atom. The minimum Gasteiger partial charge on any atom is -0.307 e. The zero-order chi connectivity index (χ0) is 20.9. The van der Waals surface area contributed by atoms with Crippen LogP contribution in [0.15, 0.2) is 48.7 Å². The van der Waals surface area contributed by atoms with Crippen LogP contribution in [0.25, 0.3) is 49.0 Å². The molecule has 0 N–H and O–H groups in total. The van der Waals surface area contributed by atoms with Gasteiger partial charge in [-0.1, -0.05) is 32.0 Å². The Bertz CT molecular complexity index is 1650. The first-order valence-electron chi connectivity index (χ1n) is 10.9. The summed E-state index contributed by atoms with van der Waals surface area (Å²) in [6, 6.07) is 16.2. The van der Waals surface area contributed by atoms with Gasteiger partial charge < -0.3 is 4.40 Å². The first-order valence-corrected chi connectivity index (χ1v) is 10.9. The molecule has 0 amide bonds. The number of pyridine rings is 2. The van der Waals surface area contributed by atoms with Crippen molar-refractivity contribution in [2.24, 2.45) is 7.05 Å². The maximum atomic E-state index is 2.54. The molecule has 0 aliphatic carbocycles. The van der Waals surface area contributed by atoms with Gasteiger partial charge in [-0.2, -0.15) is 0 Å². The number of aromatic nitrogens is 2. The summed E-state index contributed by atoms with van der Waals surface area (Å²) in [5, 5.41) is 6.84. The SMILES string of the molecule is Cc1cc2c3c(C)cccc3n3c4cc(C(C)C)cc5cc[n+](C)c(c(c1C)c23)c54. The highest BCUT2D eigenvalue weighted by Crippen LogP contribution is 2.43. The molecule has 0 radical (unpaired) electrons. The molecule has 0 fully saturated rings. The van der Waals surface area contributed by atoms with Crippen LogP contribution in [0.3, 0.4) is 0 Å². The third kappa shape index (κ3) is 2.01. The molecule has 30 heavy (non-hydrogen) atoms. The molecule has 6 rings (SSSR count). The quantitative estimate of drug-likeness (QED) is 0.164. The van der Waals surface area contributed by atoms with Crippen molar-refractivity contribution in [3.63, 3.8) is 0 Å². The van der Waals surface area contributed by atoms with E-state index in [0.29, 0.717) is 5.92 Å². The van der Waals surface area contributed by atoms with Gasteiger partial charge in [0.05, 0.1) is 27.3 Å². The first kappa shape index (κ1) is 17.7. The summed E-state index contributed by atoms with van der Waals surface area (Å²) in [7, 11) is 2.19. The summed E-state index contributed by atoms with van der Waals surface area (Å²) in [5.74, 6) is 0.489. The van der Waals surface area contributed by atoms with E-state index in [2.05, 4.69) is 99.3 Å². The zero-order valence-corrected chi connectivity index (χ0v) is 18.6. The Kier molecular flexibility index (Phi) is 3.38. The lowest BCUT2D eigenvalue weighted by Crippen LogP contribution is -2.29. The second kappa shape index (κ2) is 5.72. The molecule has 3 heterocycles. The minimum atomic E-state index is 0.489. The van der Waals surface area contributed by atoms with E-state index >= 15 is 0 Å². The fourth-order valence-corrected chi connectivity index (χ4v) is 5.49. The topological polar surface area (TPSA) is 8.29 Å². The van der Waals surface area contributed by atoms with Crippen molar-refractivity contribution in [2.45, 2.75) is 40.5 Å². The van der Waals surface area contributed by atoms with Crippen LogP contribution < -0.4 is 4.57 Å². The molecule has 0 atom stereocenters. The zero-order valence-electron chi connectivity index (χ0n) is 18.6. The van der Waals surface area contributed by atoms with Gasteiger partial charge in [-0.15, -0.1) is 0 Å². The Balaban J connectivity index is 2.11. The number of fused-ring (bicyclic) bond motifs is 5. The molecule has 0 saturated heterocycles. The molecule has 3 aromatic heterocycles. The van der Waals surface area contributed by atoms with E-state index < -0.39 is 0 Å². The second-order valence-corrected chi connectivity index (χ2v) is 9.33. The van der Waals surface area contributed by atoms with Crippen LogP contribution in [-0.4, -0.2) is 4.40 Å². The molecule has 0 unspecified atom stereocenters. The molecular weight excluding hydrogens is 364 g/mol. The van der Waals surface area contributed by atoms with E-state index in [4.69, 9.17) is 0 Å². The average molecular weight is 392 g/mol. The van der Waals surface area contributed by atoms with Gasteiger partial charge in [0.2, 0.25) is 5.52 Å². The largest absolute Gasteiger partial charge is 0.307 e. The van der Waals surface area contributed by atoms with Crippen LogP contribution in [0.4, 0.5) is 0 Å². The Morgan fingerprint density at radius 2 is 1.63 bits per heavy atom. The lowest BCUT2D eigenvalue weighted by Gasteiger charge is -2.16. The van der Waals surface area contributed by atoms with Gasteiger partial charge in [0.1, 0.15) is 7.05 Å². The highest BCUT2D eigenvalue weighted by atomic mass is 15.0. The maximum absolute atomic E-state index is 2.54. The lowest BCUT2D eigenvalue weighted by molar-refractivity contribution is -0.643. The van der Waals surface area contributed by atoms with Crippen LogP contribution in [0.2, 0.25) is 0 Å². The minimum absolute atomic E-state index is 0.489.